The third-order valence-corrected chi connectivity index (χ3v) is 5.10. The Morgan fingerprint density at radius 3 is 3.05 bits per heavy atom. The van der Waals surface area contributed by atoms with Gasteiger partial charge in [-0.25, -0.2) is 4.39 Å². The van der Waals surface area contributed by atoms with Gasteiger partial charge < -0.3 is 5.32 Å². The van der Waals surface area contributed by atoms with Gasteiger partial charge in [0.25, 0.3) is 0 Å². The molecule has 2 N–H and O–H groups in total. The van der Waals surface area contributed by atoms with Gasteiger partial charge in [0, 0.05) is 6.42 Å². The molecule has 7 heteroatoms. The van der Waals surface area contributed by atoms with Gasteiger partial charge in [-0.3, -0.25) is 4.79 Å². The van der Waals surface area contributed by atoms with Crippen LogP contribution in [-0.2, 0) is 11.2 Å². The monoisotopic (exact) mass is 295 g/mol. The number of carbonyl (C=O) groups excluding carboxylic acids is 1. The van der Waals surface area contributed by atoms with Gasteiger partial charge in [-0.2, -0.15) is 5.21 Å². The van der Waals surface area contributed by atoms with E-state index in [9.17, 15) is 4.79 Å². The number of nitrogens with one attached hydrogen (secondary N) is 2. The number of H-pyrrole nitrogens is 1. The van der Waals surface area contributed by atoms with Crippen LogP contribution in [0.1, 0.15) is 44.9 Å². The number of hydrogen-bond acceptors (Lipinski definition) is 5. The first kappa shape index (κ1) is 14.6. The van der Waals surface area contributed by atoms with E-state index in [4.69, 9.17) is 0 Å². The predicted molar refractivity (Wildman–Crippen MR) is 74.3 cm³/mol. The van der Waals surface area contributed by atoms with Crippen molar-refractivity contribution in [3.05, 3.63) is 5.82 Å². The maximum atomic E-state index is 15.1. The molecule has 116 valence electrons. The van der Waals surface area contributed by atoms with Crippen molar-refractivity contribution in [1.82, 2.24) is 25.9 Å². The zero-order chi connectivity index (χ0) is 14.9. The predicted octanol–water partition coefficient (Wildman–Crippen LogP) is 1.21. The Morgan fingerprint density at radius 1 is 1.48 bits per heavy atom. The van der Waals surface area contributed by atoms with Gasteiger partial charge in [-0.05, 0) is 57.4 Å². The summed E-state index contributed by atoms with van der Waals surface area (Å²) in [6.07, 6.45) is 3.77. The quantitative estimate of drug-likeness (QED) is 0.872. The van der Waals surface area contributed by atoms with Crippen LogP contribution in [0.15, 0.2) is 0 Å². The molecule has 1 aromatic rings. The van der Waals surface area contributed by atoms with Crippen LogP contribution in [0.5, 0.6) is 0 Å². The standard InChI is InChI=1S/C14H22FN5O/c1-9(21)12-6-11-7-14(15,4-2-10(11)8-16-12)5-3-13-17-19-20-18-13/h10-12,16H,2-8H2,1H3,(H,17,18,19,20)/t10-,11-,12-,14+/m0/s1. The van der Waals surface area contributed by atoms with Crippen LogP contribution in [-0.4, -0.2) is 44.7 Å². The summed E-state index contributed by atoms with van der Waals surface area (Å²) in [6, 6.07) is -0.0918. The smallest absolute Gasteiger partial charge is 0.174 e. The number of nitrogens with zero attached hydrogens (tertiary/aromatic N) is 3. The Hall–Kier alpha value is -1.37. The fourth-order valence-electron chi connectivity index (χ4n) is 3.80. The maximum absolute atomic E-state index is 15.1. The lowest BCUT2D eigenvalue weighted by Crippen LogP contribution is -2.51. The van der Waals surface area contributed by atoms with Crippen molar-refractivity contribution in [2.45, 2.75) is 57.2 Å². The molecule has 0 bridgehead atoms. The van der Waals surface area contributed by atoms with Crippen LogP contribution < -0.4 is 5.32 Å². The summed E-state index contributed by atoms with van der Waals surface area (Å²) in [6.45, 7) is 2.45. The summed E-state index contributed by atoms with van der Waals surface area (Å²) in [7, 11) is 0. The average Bonchev–Trinajstić information content (AvgIpc) is 2.98. The summed E-state index contributed by atoms with van der Waals surface area (Å²) in [5, 5.41) is 16.9. The van der Waals surface area contributed by atoms with Gasteiger partial charge in [0.05, 0.1) is 6.04 Å². The number of halogens is 1. The highest BCUT2D eigenvalue weighted by atomic mass is 19.1. The Balaban J connectivity index is 1.59. The molecule has 2 aliphatic rings. The summed E-state index contributed by atoms with van der Waals surface area (Å²) < 4.78 is 15.1. The van der Waals surface area contributed by atoms with Crippen molar-refractivity contribution >= 4 is 5.78 Å². The number of carbonyl (C=O) groups is 1. The van der Waals surface area contributed by atoms with Crippen molar-refractivity contribution in [3.63, 3.8) is 0 Å². The second kappa shape index (κ2) is 5.79. The van der Waals surface area contributed by atoms with E-state index in [0.29, 0.717) is 43.3 Å². The summed E-state index contributed by atoms with van der Waals surface area (Å²) >= 11 is 0. The SMILES string of the molecule is CC(=O)[C@@H]1C[C@H]2C[C@](F)(CCc3nn[nH]n3)CC[C@H]2CN1. The topological polar surface area (TPSA) is 83.6 Å². The van der Waals surface area contributed by atoms with Crippen LogP contribution >= 0.6 is 0 Å². The Morgan fingerprint density at radius 2 is 2.33 bits per heavy atom. The Labute approximate surface area is 123 Å². The minimum atomic E-state index is -1.15. The lowest BCUT2D eigenvalue weighted by atomic mass is 9.67. The van der Waals surface area contributed by atoms with Crippen LogP contribution in [0.2, 0.25) is 0 Å². The van der Waals surface area contributed by atoms with Gasteiger partial charge in [0.1, 0.15) is 11.5 Å². The van der Waals surface area contributed by atoms with Crippen molar-refractivity contribution in [1.29, 1.82) is 0 Å². The molecule has 0 spiro atoms. The Kier molecular flexibility index (Phi) is 4.01. The van der Waals surface area contributed by atoms with Crippen LogP contribution in [0.25, 0.3) is 0 Å². The molecule has 1 aliphatic carbocycles. The average molecular weight is 295 g/mol. The van der Waals surface area contributed by atoms with Gasteiger partial charge in [-0.15, -0.1) is 10.2 Å². The third-order valence-electron chi connectivity index (χ3n) is 5.10. The lowest BCUT2D eigenvalue weighted by molar-refractivity contribution is -0.121. The number of Topliss-reactive ketones (excluding diaryl/α,β-unsaturated/α-hetero) is 1. The summed E-state index contributed by atoms with van der Waals surface area (Å²) in [4.78, 5) is 11.5. The number of aromatic amines is 1. The summed E-state index contributed by atoms with van der Waals surface area (Å²) in [5.74, 6) is 1.55. The highest BCUT2D eigenvalue weighted by Gasteiger charge is 2.43. The largest absolute Gasteiger partial charge is 0.307 e. The highest BCUT2D eigenvalue weighted by Crippen LogP contribution is 2.44. The number of alkyl halides is 1. The van der Waals surface area contributed by atoms with E-state index < -0.39 is 5.67 Å². The first-order chi connectivity index (χ1) is 10.1. The van der Waals surface area contributed by atoms with E-state index in [0.717, 1.165) is 19.4 Å². The molecule has 0 unspecified atom stereocenters. The third kappa shape index (κ3) is 3.28. The second-order valence-electron chi connectivity index (χ2n) is 6.55. The summed E-state index contributed by atoms with van der Waals surface area (Å²) in [5.41, 5.74) is -1.15. The molecular formula is C14H22FN5O. The fourth-order valence-corrected chi connectivity index (χ4v) is 3.80. The number of piperidine rings is 1. The van der Waals surface area contributed by atoms with E-state index >= 15 is 4.39 Å². The molecule has 0 radical (unpaired) electrons. The van der Waals surface area contributed by atoms with Crippen LogP contribution in [0.3, 0.4) is 0 Å². The molecule has 4 atom stereocenters. The fraction of sp³-hybridized carbons (Fsp3) is 0.857. The molecule has 0 aromatic carbocycles. The van der Waals surface area contributed by atoms with E-state index in [2.05, 4.69) is 25.9 Å². The number of rotatable bonds is 4. The van der Waals surface area contributed by atoms with Crippen molar-refractivity contribution < 1.29 is 9.18 Å². The van der Waals surface area contributed by atoms with Crippen LogP contribution in [0.4, 0.5) is 4.39 Å². The number of aromatic nitrogens is 4. The van der Waals surface area contributed by atoms with Gasteiger partial charge in [0.15, 0.2) is 5.82 Å². The molecule has 2 fully saturated rings. The molecule has 21 heavy (non-hydrogen) atoms. The highest BCUT2D eigenvalue weighted by molar-refractivity contribution is 5.81. The maximum Gasteiger partial charge on any atom is 0.174 e. The molecule has 1 aliphatic heterocycles. The first-order valence-corrected chi connectivity index (χ1v) is 7.71. The Bertz CT molecular complexity index is 494. The number of tetrazole rings is 1. The van der Waals surface area contributed by atoms with Crippen molar-refractivity contribution in [2.75, 3.05) is 6.54 Å². The van der Waals surface area contributed by atoms with E-state index in [1.54, 1.807) is 6.92 Å². The van der Waals surface area contributed by atoms with Crippen LogP contribution in [0, 0.1) is 11.8 Å². The number of fused-ring (bicyclic) bond motifs is 1. The molecule has 6 nitrogen and oxygen atoms in total. The van der Waals surface area contributed by atoms with E-state index in [1.807, 2.05) is 0 Å². The molecule has 1 saturated heterocycles. The number of ketones is 1. The molecule has 3 rings (SSSR count). The minimum absolute atomic E-state index is 0.0918. The van der Waals surface area contributed by atoms with Crippen molar-refractivity contribution in [2.24, 2.45) is 11.8 Å². The van der Waals surface area contributed by atoms with Gasteiger partial charge in [0.2, 0.25) is 0 Å². The first-order valence-electron chi connectivity index (χ1n) is 7.71. The zero-order valence-electron chi connectivity index (χ0n) is 12.3. The lowest BCUT2D eigenvalue weighted by Gasteiger charge is -2.44. The molecule has 2 heterocycles. The van der Waals surface area contributed by atoms with Gasteiger partial charge in [-0.1, -0.05) is 5.21 Å². The number of aryl methyl sites for hydroxylation is 1. The second-order valence-corrected chi connectivity index (χ2v) is 6.55. The molecule has 1 saturated carbocycles. The molecule has 0 amide bonds. The minimum Gasteiger partial charge on any atom is -0.307 e. The zero-order valence-corrected chi connectivity index (χ0v) is 12.3. The molecule has 1 aromatic heterocycles. The van der Waals surface area contributed by atoms with Crippen molar-refractivity contribution in [3.8, 4) is 0 Å². The van der Waals surface area contributed by atoms with Gasteiger partial charge >= 0.3 is 0 Å². The van der Waals surface area contributed by atoms with E-state index in [1.165, 1.54) is 0 Å². The normalized spacial score (nSPS) is 36.2. The molecular weight excluding hydrogens is 273 g/mol. The number of hydrogen-bond donors (Lipinski definition) is 2. The van der Waals surface area contributed by atoms with E-state index in [-0.39, 0.29) is 11.8 Å².